The molecule has 3 N–H and O–H groups in total. The summed E-state index contributed by atoms with van der Waals surface area (Å²) in [5.41, 5.74) is 8.24. The molecule has 0 heterocycles. The molecule has 0 saturated heterocycles. The molecule has 0 aliphatic carbocycles. The molecule has 0 aliphatic heterocycles. The minimum absolute atomic E-state index is 0.450. The van der Waals surface area contributed by atoms with Crippen molar-refractivity contribution in [3.63, 3.8) is 0 Å². The monoisotopic (exact) mass is 352 g/mol. The van der Waals surface area contributed by atoms with E-state index in [1.54, 1.807) is 18.2 Å². The fourth-order valence-corrected chi connectivity index (χ4v) is 2.77. The van der Waals surface area contributed by atoms with Gasteiger partial charge in [-0.3, -0.25) is 4.79 Å². The van der Waals surface area contributed by atoms with Crippen LogP contribution in [0.4, 0.5) is 5.69 Å². The van der Waals surface area contributed by atoms with E-state index in [2.05, 4.69) is 21.2 Å². The average Bonchev–Trinajstić information content (AvgIpc) is 2.39. The van der Waals surface area contributed by atoms with Gasteiger partial charge in [0.15, 0.2) is 0 Å². The van der Waals surface area contributed by atoms with E-state index in [1.807, 2.05) is 31.2 Å². The molecule has 0 aromatic heterocycles. The first-order valence-corrected chi connectivity index (χ1v) is 7.22. The number of amides is 1. The molecule has 5 heteroatoms. The number of halogens is 2. The number of hydrogen-bond acceptors (Lipinski definition) is 2. The molecule has 2 aromatic carbocycles. The van der Waals surface area contributed by atoms with Crippen LogP contribution in [-0.2, 0) is 4.79 Å². The molecule has 1 unspecified atom stereocenters. The fraction of sp³-hybridized carbons (Fsp3) is 0.133. The lowest BCUT2D eigenvalue weighted by atomic mass is 10.1. The third kappa shape index (κ3) is 3.52. The van der Waals surface area contributed by atoms with Gasteiger partial charge in [0, 0.05) is 15.2 Å². The average molecular weight is 354 g/mol. The van der Waals surface area contributed by atoms with Gasteiger partial charge >= 0.3 is 0 Å². The molecule has 1 atom stereocenters. The van der Waals surface area contributed by atoms with Crippen LogP contribution >= 0.6 is 27.5 Å². The second-order valence-corrected chi connectivity index (χ2v) is 5.80. The van der Waals surface area contributed by atoms with Gasteiger partial charge in [-0.1, -0.05) is 51.3 Å². The van der Waals surface area contributed by atoms with Crippen LogP contribution in [0.3, 0.4) is 0 Å². The van der Waals surface area contributed by atoms with Gasteiger partial charge in [-0.25, -0.2) is 0 Å². The van der Waals surface area contributed by atoms with E-state index in [0.29, 0.717) is 5.02 Å². The lowest BCUT2D eigenvalue weighted by Crippen LogP contribution is -2.28. The summed E-state index contributed by atoms with van der Waals surface area (Å²) in [5, 5.41) is 3.73. The third-order valence-electron chi connectivity index (χ3n) is 2.92. The van der Waals surface area contributed by atoms with Crippen LogP contribution < -0.4 is 11.1 Å². The summed E-state index contributed by atoms with van der Waals surface area (Å²) in [6.07, 6.45) is 0. The topological polar surface area (TPSA) is 55.1 Å². The molecule has 0 radical (unpaired) electrons. The highest BCUT2D eigenvalue weighted by Crippen LogP contribution is 2.29. The molecule has 20 heavy (non-hydrogen) atoms. The van der Waals surface area contributed by atoms with Crippen molar-refractivity contribution in [2.45, 2.75) is 13.0 Å². The summed E-state index contributed by atoms with van der Waals surface area (Å²) in [6, 6.07) is 12.4. The van der Waals surface area contributed by atoms with Crippen molar-refractivity contribution >= 4 is 39.1 Å². The van der Waals surface area contributed by atoms with E-state index >= 15 is 0 Å². The standard InChI is InChI=1S/C15H14BrClN2O/c1-9-2-5-11(6-3-9)19-14(15(18)20)12-7-4-10(17)8-13(12)16/h2-8,14,19H,1H3,(H2,18,20). The first kappa shape index (κ1) is 14.9. The number of anilines is 1. The zero-order valence-electron chi connectivity index (χ0n) is 10.9. The fourth-order valence-electron chi connectivity index (χ4n) is 1.85. The number of aryl methyl sites for hydroxylation is 1. The summed E-state index contributed by atoms with van der Waals surface area (Å²) in [6.45, 7) is 2.01. The Kier molecular flexibility index (Phi) is 4.68. The Bertz CT molecular complexity index is 628. The smallest absolute Gasteiger partial charge is 0.244 e. The lowest BCUT2D eigenvalue weighted by Gasteiger charge is -2.18. The number of nitrogens with two attached hydrogens (primary N) is 1. The van der Waals surface area contributed by atoms with Crippen molar-refractivity contribution in [2.24, 2.45) is 5.73 Å². The van der Waals surface area contributed by atoms with Gasteiger partial charge < -0.3 is 11.1 Å². The molecule has 0 fully saturated rings. The van der Waals surface area contributed by atoms with Crippen molar-refractivity contribution in [1.82, 2.24) is 0 Å². The van der Waals surface area contributed by atoms with E-state index in [-0.39, 0.29) is 0 Å². The second-order valence-electron chi connectivity index (χ2n) is 4.51. The first-order chi connectivity index (χ1) is 9.47. The van der Waals surface area contributed by atoms with Crippen molar-refractivity contribution in [2.75, 3.05) is 5.32 Å². The van der Waals surface area contributed by atoms with Crippen LogP contribution in [0.25, 0.3) is 0 Å². The van der Waals surface area contributed by atoms with Crippen molar-refractivity contribution < 1.29 is 4.79 Å². The van der Waals surface area contributed by atoms with Crippen molar-refractivity contribution in [1.29, 1.82) is 0 Å². The van der Waals surface area contributed by atoms with Gasteiger partial charge in [0.2, 0.25) is 5.91 Å². The molecular weight excluding hydrogens is 340 g/mol. The first-order valence-electron chi connectivity index (χ1n) is 6.05. The summed E-state index contributed by atoms with van der Waals surface area (Å²) < 4.78 is 0.744. The number of rotatable bonds is 4. The van der Waals surface area contributed by atoms with E-state index < -0.39 is 11.9 Å². The Morgan fingerprint density at radius 1 is 1.25 bits per heavy atom. The van der Waals surface area contributed by atoms with Gasteiger partial charge in [0.1, 0.15) is 6.04 Å². The summed E-state index contributed by atoms with van der Waals surface area (Å²) in [4.78, 5) is 11.7. The molecule has 1 amide bonds. The number of carbonyl (C=O) groups excluding carboxylic acids is 1. The third-order valence-corrected chi connectivity index (χ3v) is 3.84. The van der Waals surface area contributed by atoms with E-state index in [1.165, 1.54) is 0 Å². The molecule has 2 aromatic rings. The summed E-state index contributed by atoms with van der Waals surface area (Å²) >= 11 is 9.32. The highest BCUT2D eigenvalue weighted by molar-refractivity contribution is 9.10. The molecule has 0 aliphatic rings. The zero-order valence-corrected chi connectivity index (χ0v) is 13.2. The zero-order chi connectivity index (χ0) is 14.7. The number of benzene rings is 2. The minimum atomic E-state index is -0.621. The molecule has 0 spiro atoms. The molecule has 3 nitrogen and oxygen atoms in total. The van der Waals surface area contributed by atoms with Gasteiger partial charge in [-0.15, -0.1) is 0 Å². The Hall–Kier alpha value is -1.52. The molecule has 2 rings (SSSR count). The van der Waals surface area contributed by atoms with Crippen LogP contribution in [0.15, 0.2) is 46.9 Å². The number of nitrogens with one attached hydrogen (secondary N) is 1. The molecule has 0 saturated carbocycles. The maximum Gasteiger partial charge on any atom is 0.244 e. The second kappa shape index (κ2) is 6.29. The molecule has 0 bridgehead atoms. The van der Waals surface area contributed by atoms with E-state index in [0.717, 1.165) is 21.3 Å². The number of primary amides is 1. The largest absolute Gasteiger partial charge is 0.370 e. The predicted octanol–water partition coefficient (Wildman–Crippen LogP) is 4.05. The maximum atomic E-state index is 11.7. The van der Waals surface area contributed by atoms with E-state index in [4.69, 9.17) is 17.3 Å². The quantitative estimate of drug-likeness (QED) is 0.871. The van der Waals surface area contributed by atoms with Crippen LogP contribution in [0, 0.1) is 6.92 Å². The van der Waals surface area contributed by atoms with Crippen LogP contribution in [0.5, 0.6) is 0 Å². The van der Waals surface area contributed by atoms with Crippen LogP contribution in [0.2, 0.25) is 5.02 Å². The lowest BCUT2D eigenvalue weighted by molar-refractivity contribution is -0.118. The number of hydrogen-bond donors (Lipinski definition) is 2. The van der Waals surface area contributed by atoms with Gasteiger partial charge in [0.05, 0.1) is 0 Å². The van der Waals surface area contributed by atoms with Gasteiger partial charge in [-0.05, 0) is 36.8 Å². The Morgan fingerprint density at radius 2 is 1.90 bits per heavy atom. The normalized spacial score (nSPS) is 11.9. The summed E-state index contributed by atoms with van der Waals surface area (Å²) in [7, 11) is 0. The van der Waals surface area contributed by atoms with Crippen LogP contribution in [0.1, 0.15) is 17.2 Å². The maximum absolute atomic E-state index is 11.7. The Balaban J connectivity index is 2.31. The van der Waals surface area contributed by atoms with E-state index in [9.17, 15) is 4.79 Å². The predicted molar refractivity (Wildman–Crippen MR) is 85.9 cm³/mol. The highest BCUT2D eigenvalue weighted by Gasteiger charge is 2.20. The number of carbonyl (C=O) groups is 1. The molecule has 104 valence electrons. The Morgan fingerprint density at radius 3 is 2.45 bits per heavy atom. The van der Waals surface area contributed by atoms with Crippen molar-refractivity contribution in [3.05, 3.63) is 63.1 Å². The van der Waals surface area contributed by atoms with Gasteiger partial charge in [-0.2, -0.15) is 0 Å². The summed E-state index contributed by atoms with van der Waals surface area (Å²) in [5.74, 6) is -0.450. The SMILES string of the molecule is Cc1ccc(NC(C(N)=O)c2ccc(Cl)cc2Br)cc1. The Labute approximate surface area is 131 Å². The van der Waals surface area contributed by atoms with Crippen molar-refractivity contribution in [3.8, 4) is 0 Å². The van der Waals surface area contributed by atoms with Gasteiger partial charge in [0.25, 0.3) is 0 Å². The highest BCUT2D eigenvalue weighted by atomic mass is 79.9. The minimum Gasteiger partial charge on any atom is -0.370 e. The molecular formula is C15H14BrClN2O. The van der Waals surface area contributed by atoms with Crippen LogP contribution in [-0.4, -0.2) is 5.91 Å².